The van der Waals surface area contributed by atoms with Gasteiger partial charge in [-0.05, 0) is 24.0 Å². The average Bonchev–Trinajstić information content (AvgIpc) is 2.74. The minimum Gasteiger partial charge on any atom is -0.205 e. The molecule has 0 amide bonds. The summed E-state index contributed by atoms with van der Waals surface area (Å²) in [6.07, 6.45) is 25.2. The van der Waals surface area contributed by atoms with Crippen molar-refractivity contribution >= 4 is 17.0 Å². The van der Waals surface area contributed by atoms with E-state index in [1.165, 1.54) is 88.2 Å². The molecule has 29 heavy (non-hydrogen) atoms. The topological polar surface area (TPSA) is 7.76 Å². The van der Waals surface area contributed by atoms with Crippen LogP contribution in [0.4, 0.5) is 0 Å². The Kier molecular flexibility index (Phi) is 14.7. The molecule has 0 atom stereocenters. The standard InChI is InChI=1S/C26H42N2.BrH/c1-3-5-7-9-11-13-19-27-21-15-25(16-22-27)26-17-23-28(24-18-26)20-14-12-10-8-6-4-2;/h15-18,21-24H,3-14,19-20H2,1-2H3;1H/q+2;. The van der Waals surface area contributed by atoms with Crippen LogP contribution in [0, 0.1) is 0 Å². The van der Waals surface area contributed by atoms with Crippen LogP contribution in [-0.4, -0.2) is 0 Å². The highest BCUT2D eigenvalue weighted by atomic mass is 79.9. The van der Waals surface area contributed by atoms with Gasteiger partial charge in [0.15, 0.2) is 24.8 Å². The van der Waals surface area contributed by atoms with Gasteiger partial charge in [-0.25, -0.2) is 9.13 Å². The third-order valence-electron chi connectivity index (χ3n) is 5.66. The highest BCUT2D eigenvalue weighted by Gasteiger charge is 2.06. The molecule has 0 aliphatic rings. The summed E-state index contributed by atoms with van der Waals surface area (Å²) in [6, 6.07) is 9.02. The van der Waals surface area contributed by atoms with E-state index in [-0.39, 0.29) is 17.0 Å². The Morgan fingerprint density at radius 2 is 0.793 bits per heavy atom. The number of rotatable bonds is 15. The Balaban J connectivity index is 0.00000420. The van der Waals surface area contributed by atoms with Crippen molar-refractivity contribution in [1.29, 1.82) is 0 Å². The second kappa shape index (κ2) is 16.6. The van der Waals surface area contributed by atoms with E-state index in [9.17, 15) is 0 Å². The van der Waals surface area contributed by atoms with Gasteiger partial charge in [-0.2, -0.15) is 0 Å². The molecule has 0 aliphatic carbocycles. The smallest absolute Gasteiger partial charge is 0.169 e. The zero-order valence-corrected chi connectivity index (χ0v) is 20.5. The van der Waals surface area contributed by atoms with Crippen LogP contribution in [0.5, 0.6) is 0 Å². The number of nitrogens with zero attached hydrogens (tertiary/aromatic N) is 2. The Hall–Kier alpha value is -1.22. The van der Waals surface area contributed by atoms with Crippen molar-refractivity contribution < 1.29 is 9.13 Å². The molecule has 2 rings (SSSR count). The van der Waals surface area contributed by atoms with E-state index in [0.717, 1.165) is 13.1 Å². The van der Waals surface area contributed by atoms with E-state index in [1.807, 2.05) is 0 Å². The van der Waals surface area contributed by atoms with Crippen molar-refractivity contribution in [1.82, 2.24) is 0 Å². The highest BCUT2D eigenvalue weighted by Crippen LogP contribution is 2.16. The van der Waals surface area contributed by atoms with Gasteiger partial charge in [-0.3, -0.25) is 0 Å². The first-order valence-corrected chi connectivity index (χ1v) is 11.8. The van der Waals surface area contributed by atoms with E-state index in [0.29, 0.717) is 0 Å². The number of halogens is 1. The Morgan fingerprint density at radius 1 is 0.483 bits per heavy atom. The lowest BCUT2D eigenvalue weighted by molar-refractivity contribution is -0.697. The molecule has 0 radical (unpaired) electrons. The normalized spacial score (nSPS) is 10.7. The molecule has 0 aliphatic heterocycles. The number of unbranched alkanes of at least 4 members (excludes halogenated alkanes) is 10. The van der Waals surface area contributed by atoms with Gasteiger partial charge in [0.2, 0.25) is 0 Å². The summed E-state index contributed by atoms with van der Waals surface area (Å²) in [6.45, 7) is 6.83. The summed E-state index contributed by atoms with van der Waals surface area (Å²) in [5.74, 6) is 0. The minimum absolute atomic E-state index is 0. The molecule has 0 saturated carbocycles. The summed E-state index contributed by atoms with van der Waals surface area (Å²) in [4.78, 5) is 0. The molecule has 2 nitrogen and oxygen atoms in total. The highest BCUT2D eigenvalue weighted by molar-refractivity contribution is 8.93. The van der Waals surface area contributed by atoms with Crippen molar-refractivity contribution in [3.8, 4) is 11.1 Å². The lowest BCUT2D eigenvalue weighted by Gasteiger charge is -2.02. The maximum Gasteiger partial charge on any atom is 0.169 e. The van der Waals surface area contributed by atoms with Crippen molar-refractivity contribution in [3.05, 3.63) is 49.1 Å². The molecule has 162 valence electrons. The van der Waals surface area contributed by atoms with E-state index >= 15 is 0 Å². The third-order valence-corrected chi connectivity index (χ3v) is 5.66. The quantitative estimate of drug-likeness (QED) is 0.194. The number of hydrogen-bond donors (Lipinski definition) is 0. The molecule has 0 N–H and O–H groups in total. The molecule has 0 fully saturated rings. The summed E-state index contributed by atoms with van der Waals surface area (Å²) in [5, 5.41) is 0. The van der Waals surface area contributed by atoms with Gasteiger partial charge in [0.25, 0.3) is 0 Å². The molecule has 2 aromatic rings. The van der Waals surface area contributed by atoms with Gasteiger partial charge in [0, 0.05) is 37.1 Å². The lowest BCUT2D eigenvalue weighted by Crippen LogP contribution is -2.33. The zero-order chi connectivity index (χ0) is 19.9. The number of hydrogen-bond acceptors (Lipinski definition) is 0. The van der Waals surface area contributed by atoms with Gasteiger partial charge in [-0.1, -0.05) is 65.2 Å². The van der Waals surface area contributed by atoms with Crippen LogP contribution in [-0.2, 0) is 13.1 Å². The number of aryl methyl sites for hydroxylation is 2. The average molecular weight is 464 g/mol. The van der Waals surface area contributed by atoms with E-state index in [2.05, 4.69) is 72.0 Å². The molecular formula is C26H43BrN2+2. The van der Waals surface area contributed by atoms with Crippen LogP contribution in [0.25, 0.3) is 11.1 Å². The van der Waals surface area contributed by atoms with Crippen LogP contribution in [0.1, 0.15) is 90.9 Å². The zero-order valence-electron chi connectivity index (χ0n) is 18.8. The molecular weight excluding hydrogens is 420 g/mol. The van der Waals surface area contributed by atoms with Crippen molar-refractivity contribution in [3.63, 3.8) is 0 Å². The van der Waals surface area contributed by atoms with E-state index < -0.39 is 0 Å². The van der Waals surface area contributed by atoms with E-state index in [1.54, 1.807) is 0 Å². The first kappa shape index (κ1) is 25.8. The number of aromatic nitrogens is 2. The van der Waals surface area contributed by atoms with Gasteiger partial charge in [0.05, 0.1) is 0 Å². The maximum absolute atomic E-state index is 2.32. The van der Waals surface area contributed by atoms with Gasteiger partial charge in [-0.15, -0.1) is 17.0 Å². The monoisotopic (exact) mass is 462 g/mol. The molecule has 0 bridgehead atoms. The second-order valence-corrected chi connectivity index (χ2v) is 8.18. The number of pyridine rings is 2. The van der Waals surface area contributed by atoms with Gasteiger partial charge < -0.3 is 0 Å². The van der Waals surface area contributed by atoms with Crippen LogP contribution in [0.2, 0.25) is 0 Å². The third kappa shape index (κ3) is 10.9. The molecule has 0 spiro atoms. The van der Waals surface area contributed by atoms with E-state index in [4.69, 9.17) is 0 Å². The molecule has 0 aromatic carbocycles. The Morgan fingerprint density at radius 3 is 1.14 bits per heavy atom. The Bertz CT molecular complexity index is 565. The fourth-order valence-electron chi connectivity index (χ4n) is 3.75. The first-order chi connectivity index (χ1) is 13.8. The van der Waals surface area contributed by atoms with Crippen LogP contribution in [0.15, 0.2) is 49.1 Å². The predicted molar refractivity (Wildman–Crippen MR) is 129 cm³/mol. The summed E-state index contributed by atoms with van der Waals surface area (Å²) < 4.78 is 4.65. The van der Waals surface area contributed by atoms with Crippen LogP contribution in [0.3, 0.4) is 0 Å². The first-order valence-electron chi connectivity index (χ1n) is 11.8. The summed E-state index contributed by atoms with van der Waals surface area (Å²) >= 11 is 0. The maximum atomic E-state index is 2.32. The molecule has 2 aromatic heterocycles. The van der Waals surface area contributed by atoms with Crippen molar-refractivity contribution in [2.45, 2.75) is 104 Å². The van der Waals surface area contributed by atoms with Crippen LogP contribution < -0.4 is 9.13 Å². The SMILES string of the molecule is Br.CCCCCCCC[n+]1ccc(-c2cc[n+](CCCCCCCC)cc2)cc1. The predicted octanol–water partition coefficient (Wildman–Crippen LogP) is 7.23. The summed E-state index contributed by atoms with van der Waals surface area (Å²) in [5.41, 5.74) is 2.62. The Labute approximate surface area is 190 Å². The largest absolute Gasteiger partial charge is 0.205 e. The van der Waals surface area contributed by atoms with Crippen molar-refractivity contribution in [2.24, 2.45) is 0 Å². The lowest BCUT2D eigenvalue weighted by atomic mass is 10.1. The fraction of sp³-hybridized carbons (Fsp3) is 0.615. The molecule has 3 heteroatoms. The van der Waals surface area contributed by atoms with Crippen molar-refractivity contribution in [2.75, 3.05) is 0 Å². The van der Waals surface area contributed by atoms with Gasteiger partial charge >= 0.3 is 0 Å². The van der Waals surface area contributed by atoms with Gasteiger partial charge in [0.1, 0.15) is 13.1 Å². The minimum atomic E-state index is 0. The fourth-order valence-corrected chi connectivity index (χ4v) is 3.75. The molecule has 0 saturated heterocycles. The molecule has 2 heterocycles. The van der Waals surface area contributed by atoms with Crippen LogP contribution >= 0.6 is 17.0 Å². The molecule has 0 unspecified atom stereocenters. The second-order valence-electron chi connectivity index (χ2n) is 8.18. The summed E-state index contributed by atoms with van der Waals surface area (Å²) in [7, 11) is 0.